The lowest BCUT2D eigenvalue weighted by Crippen LogP contribution is -2.10. The van der Waals surface area contributed by atoms with Crippen molar-refractivity contribution in [2.75, 3.05) is 11.9 Å². The second-order valence-corrected chi connectivity index (χ2v) is 5.82. The number of aryl methyl sites for hydroxylation is 1. The van der Waals surface area contributed by atoms with Crippen molar-refractivity contribution in [1.29, 1.82) is 0 Å². The highest BCUT2D eigenvalue weighted by atomic mass is 79.9. The maximum absolute atomic E-state index is 9.62. The molecule has 2 aromatic rings. The molecule has 0 spiro atoms. The fourth-order valence-electron chi connectivity index (χ4n) is 2.15. The summed E-state index contributed by atoms with van der Waals surface area (Å²) in [6.45, 7) is 3.93. The van der Waals surface area contributed by atoms with Gasteiger partial charge in [-0.05, 0) is 64.7 Å². The lowest BCUT2D eigenvalue weighted by Gasteiger charge is -2.22. The third kappa shape index (κ3) is 3.22. The number of aliphatic hydroxyl groups is 1. The number of benzene rings is 2. The molecule has 1 atom stereocenters. The average Bonchev–Trinajstić information content (AvgIpc) is 2.46. The van der Waals surface area contributed by atoms with E-state index in [-0.39, 0.29) is 0 Å². The minimum atomic E-state index is -0.450. The van der Waals surface area contributed by atoms with Crippen LogP contribution in [-0.2, 0) is 6.42 Å². The van der Waals surface area contributed by atoms with Crippen molar-refractivity contribution in [2.24, 2.45) is 0 Å². The maximum atomic E-state index is 9.62. The topological polar surface area (TPSA) is 23.5 Å². The number of anilines is 2. The molecule has 0 aromatic heterocycles. The van der Waals surface area contributed by atoms with Gasteiger partial charge in [0.2, 0.25) is 0 Å². The minimum absolute atomic E-state index is 0.450. The molecule has 2 rings (SSSR count). The van der Waals surface area contributed by atoms with Gasteiger partial charge in [-0.1, -0.05) is 25.1 Å². The maximum Gasteiger partial charge on any atom is 0.0762 e. The van der Waals surface area contributed by atoms with E-state index in [4.69, 9.17) is 0 Å². The monoisotopic (exact) mass is 333 g/mol. The van der Waals surface area contributed by atoms with E-state index < -0.39 is 6.10 Å². The summed E-state index contributed by atoms with van der Waals surface area (Å²) in [5.74, 6) is 0. The molecule has 20 heavy (non-hydrogen) atoms. The van der Waals surface area contributed by atoms with E-state index >= 15 is 0 Å². The van der Waals surface area contributed by atoms with Gasteiger partial charge in [-0.3, -0.25) is 0 Å². The second kappa shape index (κ2) is 6.42. The average molecular weight is 334 g/mol. The van der Waals surface area contributed by atoms with Gasteiger partial charge in [0.05, 0.1) is 11.8 Å². The number of rotatable bonds is 4. The Labute approximate surface area is 129 Å². The molecule has 106 valence electrons. The Kier molecular flexibility index (Phi) is 4.84. The SMILES string of the molecule is CCc1ccc(N(C)c2ccc([C@H](C)O)cc2Br)cc1. The summed E-state index contributed by atoms with van der Waals surface area (Å²) in [6.07, 6.45) is 0.603. The molecule has 3 heteroatoms. The smallest absolute Gasteiger partial charge is 0.0762 e. The molecule has 2 nitrogen and oxygen atoms in total. The first kappa shape index (κ1) is 15.1. The van der Waals surface area contributed by atoms with Crippen LogP contribution in [0.3, 0.4) is 0 Å². The van der Waals surface area contributed by atoms with Crippen molar-refractivity contribution < 1.29 is 5.11 Å². The molecule has 0 amide bonds. The molecule has 0 aliphatic rings. The van der Waals surface area contributed by atoms with Gasteiger partial charge in [-0.15, -0.1) is 0 Å². The first-order chi connectivity index (χ1) is 9.52. The largest absolute Gasteiger partial charge is 0.389 e. The van der Waals surface area contributed by atoms with Crippen LogP contribution in [-0.4, -0.2) is 12.2 Å². The quantitative estimate of drug-likeness (QED) is 0.865. The lowest BCUT2D eigenvalue weighted by atomic mass is 10.1. The van der Waals surface area contributed by atoms with Crippen molar-refractivity contribution in [3.8, 4) is 0 Å². The van der Waals surface area contributed by atoms with Gasteiger partial charge < -0.3 is 10.0 Å². The summed E-state index contributed by atoms with van der Waals surface area (Å²) < 4.78 is 0.984. The highest BCUT2D eigenvalue weighted by molar-refractivity contribution is 9.10. The molecule has 0 unspecified atom stereocenters. The van der Waals surface area contributed by atoms with E-state index in [0.717, 1.165) is 27.8 Å². The summed E-state index contributed by atoms with van der Waals surface area (Å²) >= 11 is 3.59. The molecule has 0 saturated carbocycles. The number of halogens is 1. The van der Waals surface area contributed by atoms with E-state index in [0.29, 0.717) is 0 Å². The van der Waals surface area contributed by atoms with E-state index in [2.05, 4.69) is 52.0 Å². The van der Waals surface area contributed by atoms with Crippen molar-refractivity contribution >= 4 is 27.3 Å². The molecule has 0 heterocycles. The fourth-order valence-corrected chi connectivity index (χ4v) is 2.81. The first-order valence-corrected chi connectivity index (χ1v) is 7.62. The number of nitrogens with zero attached hydrogens (tertiary/aromatic N) is 1. The zero-order chi connectivity index (χ0) is 14.7. The summed E-state index contributed by atoms with van der Waals surface area (Å²) in [4.78, 5) is 2.13. The standard InChI is InChI=1S/C17H20BrNO/c1-4-13-5-8-15(9-6-13)19(3)17-10-7-14(12(2)20)11-16(17)18/h5-12,20H,4H2,1-3H3/t12-/m0/s1. The van der Waals surface area contributed by atoms with Crippen LogP contribution in [0.5, 0.6) is 0 Å². The summed E-state index contributed by atoms with van der Waals surface area (Å²) in [5, 5.41) is 9.62. The van der Waals surface area contributed by atoms with E-state index in [1.807, 2.05) is 25.2 Å². The molecule has 0 aliphatic carbocycles. The van der Waals surface area contributed by atoms with Crippen molar-refractivity contribution in [1.82, 2.24) is 0 Å². The third-order valence-electron chi connectivity index (χ3n) is 3.55. The van der Waals surface area contributed by atoms with Gasteiger partial charge in [0.25, 0.3) is 0 Å². The third-order valence-corrected chi connectivity index (χ3v) is 4.18. The highest BCUT2D eigenvalue weighted by Gasteiger charge is 2.10. The van der Waals surface area contributed by atoms with Gasteiger partial charge in [0.15, 0.2) is 0 Å². The van der Waals surface area contributed by atoms with Gasteiger partial charge in [-0.25, -0.2) is 0 Å². The van der Waals surface area contributed by atoms with Gasteiger partial charge in [0, 0.05) is 17.2 Å². The van der Waals surface area contributed by atoms with Crippen LogP contribution in [0, 0.1) is 0 Å². The highest BCUT2D eigenvalue weighted by Crippen LogP contribution is 2.33. The van der Waals surface area contributed by atoms with E-state index in [1.165, 1.54) is 5.56 Å². The Bertz CT molecular complexity index is 578. The molecule has 0 radical (unpaired) electrons. The molecular weight excluding hydrogens is 314 g/mol. The molecular formula is C17H20BrNO. The molecule has 0 bridgehead atoms. The predicted octanol–water partition coefficient (Wildman–Crippen LogP) is 4.83. The molecule has 2 aromatic carbocycles. The van der Waals surface area contributed by atoms with Crippen LogP contribution < -0.4 is 4.90 Å². The second-order valence-electron chi connectivity index (χ2n) is 4.97. The van der Waals surface area contributed by atoms with Gasteiger partial charge >= 0.3 is 0 Å². The van der Waals surface area contributed by atoms with Crippen LogP contribution >= 0.6 is 15.9 Å². The predicted molar refractivity (Wildman–Crippen MR) is 88.7 cm³/mol. The Balaban J connectivity index is 2.30. The van der Waals surface area contributed by atoms with Crippen LogP contribution in [0.1, 0.15) is 31.1 Å². The molecule has 0 fully saturated rings. The Hall–Kier alpha value is -1.32. The number of hydrogen-bond acceptors (Lipinski definition) is 2. The van der Waals surface area contributed by atoms with E-state index in [9.17, 15) is 5.11 Å². The Morgan fingerprint density at radius 1 is 1.15 bits per heavy atom. The fraction of sp³-hybridized carbons (Fsp3) is 0.294. The zero-order valence-corrected chi connectivity index (χ0v) is 13.7. The van der Waals surface area contributed by atoms with Gasteiger partial charge in [0.1, 0.15) is 0 Å². The Morgan fingerprint density at radius 3 is 2.30 bits per heavy atom. The lowest BCUT2D eigenvalue weighted by molar-refractivity contribution is 0.199. The summed E-state index contributed by atoms with van der Waals surface area (Å²) in [6, 6.07) is 14.5. The normalized spacial score (nSPS) is 12.2. The van der Waals surface area contributed by atoms with Crippen molar-refractivity contribution in [2.45, 2.75) is 26.4 Å². The first-order valence-electron chi connectivity index (χ1n) is 6.83. The Morgan fingerprint density at radius 2 is 1.80 bits per heavy atom. The number of aliphatic hydroxyl groups excluding tert-OH is 1. The molecule has 1 N–H and O–H groups in total. The van der Waals surface area contributed by atoms with Gasteiger partial charge in [-0.2, -0.15) is 0 Å². The van der Waals surface area contributed by atoms with Crippen molar-refractivity contribution in [3.05, 3.63) is 58.1 Å². The molecule has 0 saturated heterocycles. The van der Waals surface area contributed by atoms with Crippen LogP contribution in [0.15, 0.2) is 46.9 Å². The number of hydrogen-bond donors (Lipinski definition) is 1. The molecule has 0 aliphatic heterocycles. The summed E-state index contributed by atoms with van der Waals surface area (Å²) in [7, 11) is 2.04. The summed E-state index contributed by atoms with van der Waals surface area (Å²) in [5.41, 5.74) is 4.48. The van der Waals surface area contributed by atoms with Crippen molar-refractivity contribution in [3.63, 3.8) is 0 Å². The van der Waals surface area contributed by atoms with E-state index in [1.54, 1.807) is 6.92 Å². The zero-order valence-electron chi connectivity index (χ0n) is 12.1. The van der Waals surface area contributed by atoms with Crippen LogP contribution in [0.25, 0.3) is 0 Å². The van der Waals surface area contributed by atoms with Crippen LogP contribution in [0.4, 0.5) is 11.4 Å². The van der Waals surface area contributed by atoms with Crippen LogP contribution in [0.2, 0.25) is 0 Å². The minimum Gasteiger partial charge on any atom is -0.389 e.